The Morgan fingerprint density at radius 3 is 2.50 bits per heavy atom. The Labute approximate surface area is 219 Å². The Balaban J connectivity index is 1.36. The molecule has 0 unspecified atom stereocenters. The van der Waals surface area contributed by atoms with Gasteiger partial charge >= 0.3 is 11.6 Å². The number of nitrogens with one attached hydrogen (secondary N) is 1. The molecule has 3 aromatic carbocycles. The zero-order chi connectivity index (χ0) is 26.5. The maximum absolute atomic E-state index is 13.0. The van der Waals surface area contributed by atoms with E-state index in [9.17, 15) is 14.4 Å². The van der Waals surface area contributed by atoms with E-state index < -0.39 is 11.6 Å². The van der Waals surface area contributed by atoms with Crippen LogP contribution >= 0.6 is 0 Å². The Hall–Kier alpha value is -4.43. The fraction of sp³-hybridized carbons (Fsp3) is 0.233. The molecule has 0 spiro atoms. The van der Waals surface area contributed by atoms with Crippen molar-refractivity contribution in [2.24, 2.45) is 0 Å². The summed E-state index contributed by atoms with van der Waals surface area (Å²) < 4.78 is 16.3. The Morgan fingerprint density at radius 1 is 0.974 bits per heavy atom. The molecule has 0 aliphatic carbocycles. The van der Waals surface area contributed by atoms with Gasteiger partial charge in [0.15, 0.2) is 0 Å². The van der Waals surface area contributed by atoms with Gasteiger partial charge in [-0.2, -0.15) is 0 Å². The predicted octanol–water partition coefficient (Wildman–Crippen LogP) is 5.12. The first-order valence-electron chi connectivity index (χ1n) is 12.6. The zero-order valence-corrected chi connectivity index (χ0v) is 21.1. The maximum Gasteiger partial charge on any atom is 0.344 e. The van der Waals surface area contributed by atoms with Crippen molar-refractivity contribution in [2.45, 2.75) is 13.3 Å². The van der Waals surface area contributed by atoms with Gasteiger partial charge in [0.25, 0.3) is 5.91 Å². The van der Waals surface area contributed by atoms with Crippen molar-refractivity contribution in [1.29, 1.82) is 0 Å². The lowest BCUT2D eigenvalue weighted by Crippen LogP contribution is -2.37. The first-order valence-corrected chi connectivity index (χ1v) is 12.6. The summed E-state index contributed by atoms with van der Waals surface area (Å²) >= 11 is 0. The quantitative estimate of drug-likeness (QED) is 0.271. The van der Waals surface area contributed by atoms with Gasteiger partial charge in [0, 0.05) is 29.7 Å². The molecule has 38 heavy (non-hydrogen) atoms. The third-order valence-electron chi connectivity index (χ3n) is 6.36. The molecule has 0 bridgehead atoms. The van der Waals surface area contributed by atoms with Crippen LogP contribution in [0.4, 0.5) is 11.4 Å². The van der Waals surface area contributed by atoms with Crippen LogP contribution in [-0.4, -0.2) is 44.8 Å². The third-order valence-corrected chi connectivity index (χ3v) is 6.36. The average molecular weight is 513 g/mol. The van der Waals surface area contributed by atoms with Gasteiger partial charge in [-0.15, -0.1) is 0 Å². The van der Waals surface area contributed by atoms with Crippen LogP contribution in [0.2, 0.25) is 0 Å². The van der Waals surface area contributed by atoms with E-state index in [4.69, 9.17) is 13.9 Å². The van der Waals surface area contributed by atoms with Gasteiger partial charge in [0.05, 0.1) is 36.6 Å². The van der Waals surface area contributed by atoms with Crippen LogP contribution in [0.25, 0.3) is 22.1 Å². The van der Waals surface area contributed by atoms with Crippen molar-refractivity contribution >= 4 is 34.2 Å². The summed E-state index contributed by atoms with van der Waals surface area (Å²) in [6.45, 7) is 4.76. The molecule has 8 nitrogen and oxygen atoms in total. The van der Waals surface area contributed by atoms with Crippen molar-refractivity contribution in [3.05, 3.63) is 94.3 Å². The number of esters is 1. The van der Waals surface area contributed by atoms with Crippen LogP contribution in [0.3, 0.4) is 0 Å². The molecule has 0 radical (unpaired) electrons. The number of benzene rings is 3. The summed E-state index contributed by atoms with van der Waals surface area (Å²) in [5.41, 5.74) is 3.20. The molecule has 1 amide bonds. The molecule has 1 aromatic heterocycles. The number of morpholine rings is 1. The molecule has 1 aliphatic rings. The Bertz CT molecular complexity index is 1520. The van der Waals surface area contributed by atoms with E-state index >= 15 is 0 Å². The smallest absolute Gasteiger partial charge is 0.344 e. The first-order chi connectivity index (χ1) is 18.5. The number of amides is 1. The number of nitrogens with zero attached hydrogens (tertiary/aromatic N) is 1. The number of anilines is 2. The first kappa shape index (κ1) is 25.2. The second-order valence-electron chi connectivity index (χ2n) is 8.98. The molecular formula is C30H28N2O6. The molecule has 1 aliphatic heterocycles. The Kier molecular flexibility index (Phi) is 7.51. The van der Waals surface area contributed by atoms with Crippen molar-refractivity contribution in [3.63, 3.8) is 0 Å². The van der Waals surface area contributed by atoms with Crippen LogP contribution in [0, 0.1) is 0 Å². The summed E-state index contributed by atoms with van der Waals surface area (Å²) in [7, 11) is 0. The molecule has 1 saturated heterocycles. The van der Waals surface area contributed by atoms with Gasteiger partial charge in [-0.05, 0) is 54.4 Å². The van der Waals surface area contributed by atoms with E-state index in [2.05, 4.69) is 10.2 Å². The number of ether oxygens (including phenoxy) is 2. The maximum atomic E-state index is 13.0. The number of carbonyl (C=O) groups excluding carboxylic acids is 2. The SMILES string of the molecule is CCCOC(=O)c1cc(NC(=O)c2ccc(-c3cc4ccccc4oc3=O)cc2)ccc1N1CCOCC1. The molecule has 0 saturated carbocycles. The van der Waals surface area contributed by atoms with Crippen LogP contribution in [0.5, 0.6) is 0 Å². The molecule has 4 aromatic rings. The zero-order valence-electron chi connectivity index (χ0n) is 21.1. The number of rotatable bonds is 7. The standard InChI is InChI=1S/C30H28N2O6/c1-2-15-37-29(34)25-19-23(11-12-26(25)32-13-16-36-17-14-32)31-28(33)21-9-7-20(8-10-21)24-18-22-5-3-4-6-27(22)38-30(24)35/h3-12,18-19H,2,13-17H2,1H3,(H,31,33). The lowest BCUT2D eigenvalue weighted by Gasteiger charge is -2.30. The van der Waals surface area contributed by atoms with Crippen molar-refractivity contribution in [3.8, 4) is 11.1 Å². The van der Waals surface area contributed by atoms with E-state index in [1.807, 2.05) is 31.2 Å². The molecule has 1 fully saturated rings. The number of hydrogen-bond donors (Lipinski definition) is 1. The minimum absolute atomic E-state index is 0.319. The highest BCUT2D eigenvalue weighted by atomic mass is 16.5. The number of hydrogen-bond acceptors (Lipinski definition) is 7. The van der Waals surface area contributed by atoms with Gasteiger partial charge < -0.3 is 24.1 Å². The number of carbonyl (C=O) groups is 2. The number of para-hydroxylation sites is 1. The van der Waals surface area contributed by atoms with E-state index in [0.717, 1.165) is 11.1 Å². The van der Waals surface area contributed by atoms with Gasteiger partial charge in [0.2, 0.25) is 0 Å². The molecular weight excluding hydrogens is 484 g/mol. The van der Waals surface area contributed by atoms with Crippen LogP contribution in [0.1, 0.15) is 34.1 Å². The van der Waals surface area contributed by atoms with E-state index in [1.54, 1.807) is 48.5 Å². The van der Waals surface area contributed by atoms with Gasteiger partial charge in [-0.1, -0.05) is 37.3 Å². The predicted molar refractivity (Wildman–Crippen MR) is 146 cm³/mol. The van der Waals surface area contributed by atoms with Gasteiger partial charge in [-0.25, -0.2) is 9.59 Å². The van der Waals surface area contributed by atoms with Crippen LogP contribution < -0.4 is 15.8 Å². The second-order valence-corrected chi connectivity index (χ2v) is 8.98. The van der Waals surface area contributed by atoms with E-state index in [-0.39, 0.29) is 5.91 Å². The third kappa shape index (κ3) is 5.45. The molecule has 8 heteroatoms. The summed E-state index contributed by atoms with van der Waals surface area (Å²) in [5.74, 6) is -0.767. The van der Waals surface area contributed by atoms with Crippen molar-refractivity contribution in [2.75, 3.05) is 43.1 Å². The highest BCUT2D eigenvalue weighted by Gasteiger charge is 2.21. The van der Waals surface area contributed by atoms with E-state index in [1.165, 1.54) is 0 Å². The van der Waals surface area contributed by atoms with Crippen LogP contribution in [-0.2, 0) is 9.47 Å². The summed E-state index contributed by atoms with van der Waals surface area (Å²) in [5, 5.41) is 3.68. The minimum atomic E-state index is -0.441. The summed E-state index contributed by atoms with van der Waals surface area (Å²) in [6, 6.07) is 21.1. The fourth-order valence-corrected chi connectivity index (χ4v) is 4.40. The second kappa shape index (κ2) is 11.3. The lowest BCUT2D eigenvalue weighted by molar-refractivity contribution is 0.0504. The fourth-order valence-electron chi connectivity index (χ4n) is 4.40. The normalized spacial score (nSPS) is 13.3. The highest BCUT2D eigenvalue weighted by molar-refractivity contribution is 6.06. The average Bonchev–Trinajstić information content (AvgIpc) is 2.96. The molecule has 1 N–H and O–H groups in total. The molecule has 5 rings (SSSR count). The lowest BCUT2D eigenvalue weighted by atomic mass is 10.0. The number of fused-ring (bicyclic) bond motifs is 1. The summed E-state index contributed by atoms with van der Waals surface area (Å²) in [6.07, 6.45) is 0.714. The van der Waals surface area contributed by atoms with E-state index in [0.29, 0.717) is 72.9 Å². The topological polar surface area (TPSA) is 98.1 Å². The van der Waals surface area contributed by atoms with Crippen molar-refractivity contribution < 1.29 is 23.5 Å². The largest absolute Gasteiger partial charge is 0.462 e. The Morgan fingerprint density at radius 2 is 1.74 bits per heavy atom. The molecule has 2 heterocycles. The molecule has 0 atom stereocenters. The summed E-state index contributed by atoms with van der Waals surface area (Å²) in [4.78, 5) is 40.4. The van der Waals surface area contributed by atoms with Crippen molar-refractivity contribution in [1.82, 2.24) is 0 Å². The van der Waals surface area contributed by atoms with Gasteiger partial charge in [-0.3, -0.25) is 4.79 Å². The van der Waals surface area contributed by atoms with Gasteiger partial charge in [0.1, 0.15) is 5.58 Å². The van der Waals surface area contributed by atoms with Crippen LogP contribution in [0.15, 0.2) is 82.0 Å². The minimum Gasteiger partial charge on any atom is -0.462 e. The monoisotopic (exact) mass is 512 g/mol. The molecule has 194 valence electrons. The highest BCUT2D eigenvalue weighted by Crippen LogP contribution is 2.27.